The van der Waals surface area contributed by atoms with Crippen LogP contribution in [0.4, 0.5) is 5.95 Å². The summed E-state index contributed by atoms with van der Waals surface area (Å²) in [5.41, 5.74) is 3.72. The van der Waals surface area contributed by atoms with Gasteiger partial charge in [0.15, 0.2) is 0 Å². The molecule has 1 saturated heterocycles. The fraction of sp³-hybridized carbons (Fsp3) is 0.500. The third kappa shape index (κ3) is 3.97. The maximum atomic E-state index is 5.61. The molecule has 0 spiro atoms. The molecule has 0 bridgehead atoms. The molecule has 0 saturated carbocycles. The van der Waals surface area contributed by atoms with E-state index in [1.807, 2.05) is 19.2 Å². The summed E-state index contributed by atoms with van der Waals surface area (Å²) in [6, 6.07) is 8.38. The molecule has 6 heteroatoms. The molecule has 138 valence electrons. The molecule has 26 heavy (non-hydrogen) atoms. The van der Waals surface area contributed by atoms with Crippen LogP contribution in [0.2, 0.25) is 0 Å². The Morgan fingerprint density at radius 1 is 1.19 bits per heavy atom. The molecule has 1 fully saturated rings. The van der Waals surface area contributed by atoms with Crippen LogP contribution in [0.25, 0.3) is 0 Å². The first-order valence-corrected chi connectivity index (χ1v) is 9.43. The number of morpholine rings is 1. The molecule has 1 aromatic heterocycles. The van der Waals surface area contributed by atoms with Crippen LogP contribution in [0.3, 0.4) is 0 Å². The molecule has 2 aliphatic heterocycles. The van der Waals surface area contributed by atoms with Crippen LogP contribution in [0.15, 0.2) is 30.5 Å². The summed E-state index contributed by atoms with van der Waals surface area (Å²) < 4.78 is 11.0. The van der Waals surface area contributed by atoms with Gasteiger partial charge in [0.1, 0.15) is 5.75 Å². The van der Waals surface area contributed by atoms with E-state index in [4.69, 9.17) is 14.5 Å². The molecule has 0 radical (unpaired) electrons. The molecule has 2 aromatic rings. The van der Waals surface area contributed by atoms with Gasteiger partial charge in [0.05, 0.1) is 25.5 Å². The third-order valence-corrected chi connectivity index (χ3v) is 4.91. The number of nitrogens with zero attached hydrogens (tertiary/aromatic N) is 4. The Bertz CT molecular complexity index is 746. The van der Waals surface area contributed by atoms with Gasteiger partial charge in [-0.25, -0.2) is 9.97 Å². The fourth-order valence-corrected chi connectivity index (χ4v) is 3.57. The molecular formula is C20H26N4O2. The summed E-state index contributed by atoms with van der Waals surface area (Å²) >= 11 is 0. The zero-order chi connectivity index (χ0) is 17.8. The third-order valence-electron chi connectivity index (χ3n) is 4.91. The zero-order valence-electron chi connectivity index (χ0n) is 15.4. The van der Waals surface area contributed by atoms with Crippen molar-refractivity contribution in [3.63, 3.8) is 0 Å². The van der Waals surface area contributed by atoms with Crippen molar-refractivity contribution in [3.05, 3.63) is 47.3 Å². The smallest absolute Gasteiger partial charge is 0.225 e. The van der Waals surface area contributed by atoms with Gasteiger partial charge in [-0.05, 0) is 24.6 Å². The molecule has 0 N–H and O–H groups in total. The van der Waals surface area contributed by atoms with Crippen LogP contribution < -0.4 is 9.64 Å². The standard InChI is InChI=1S/C20H26N4O2/c1-2-26-18-5-3-4-16(12-18)14-23-7-6-19-17(15-23)13-21-20(22-19)24-8-10-25-11-9-24/h3-5,12-13H,2,6-11,14-15H2,1H3. The number of hydrogen-bond donors (Lipinski definition) is 0. The monoisotopic (exact) mass is 354 g/mol. The van der Waals surface area contributed by atoms with E-state index in [1.54, 1.807) is 0 Å². The number of benzene rings is 1. The normalized spacial score (nSPS) is 17.8. The van der Waals surface area contributed by atoms with E-state index in [0.717, 1.165) is 64.1 Å². The van der Waals surface area contributed by atoms with Gasteiger partial charge in [0.25, 0.3) is 0 Å². The highest BCUT2D eigenvalue weighted by Crippen LogP contribution is 2.22. The van der Waals surface area contributed by atoms with Gasteiger partial charge in [-0.3, -0.25) is 4.90 Å². The lowest BCUT2D eigenvalue weighted by molar-refractivity contribution is 0.122. The molecule has 2 aliphatic rings. The van der Waals surface area contributed by atoms with E-state index in [9.17, 15) is 0 Å². The molecule has 4 rings (SSSR count). The van der Waals surface area contributed by atoms with Crippen LogP contribution in [0.1, 0.15) is 23.7 Å². The largest absolute Gasteiger partial charge is 0.494 e. The average Bonchev–Trinajstić information content (AvgIpc) is 2.69. The van der Waals surface area contributed by atoms with Crippen molar-refractivity contribution in [2.24, 2.45) is 0 Å². The van der Waals surface area contributed by atoms with Gasteiger partial charge in [-0.1, -0.05) is 12.1 Å². The van der Waals surface area contributed by atoms with Gasteiger partial charge in [0.2, 0.25) is 5.95 Å². The van der Waals surface area contributed by atoms with Crippen molar-refractivity contribution in [1.82, 2.24) is 14.9 Å². The average molecular weight is 354 g/mol. The first-order valence-electron chi connectivity index (χ1n) is 9.43. The summed E-state index contributed by atoms with van der Waals surface area (Å²) in [6.07, 6.45) is 2.98. The second-order valence-corrected chi connectivity index (χ2v) is 6.78. The van der Waals surface area contributed by atoms with Crippen LogP contribution in [-0.4, -0.2) is 54.3 Å². The highest BCUT2D eigenvalue weighted by molar-refractivity contribution is 5.35. The van der Waals surface area contributed by atoms with Gasteiger partial charge in [-0.2, -0.15) is 0 Å². The van der Waals surface area contributed by atoms with Crippen LogP contribution in [0.5, 0.6) is 5.75 Å². The van der Waals surface area contributed by atoms with Crippen molar-refractivity contribution < 1.29 is 9.47 Å². The Morgan fingerprint density at radius 2 is 2.08 bits per heavy atom. The van der Waals surface area contributed by atoms with Crippen molar-refractivity contribution in [3.8, 4) is 5.75 Å². The number of aromatic nitrogens is 2. The van der Waals surface area contributed by atoms with Crippen LogP contribution >= 0.6 is 0 Å². The Hall–Kier alpha value is -2.18. The number of ether oxygens (including phenoxy) is 2. The number of fused-ring (bicyclic) bond motifs is 1. The van der Waals surface area contributed by atoms with E-state index in [1.165, 1.54) is 16.8 Å². The van der Waals surface area contributed by atoms with Crippen LogP contribution in [0, 0.1) is 0 Å². The lowest BCUT2D eigenvalue weighted by atomic mass is 10.1. The van der Waals surface area contributed by atoms with E-state index < -0.39 is 0 Å². The predicted octanol–water partition coefficient (Wildman–Crippen LogP) is 2.27. The summed E-state index contributed by atoms with van der Waals surface area (Å²) in [6.45, 7) is 8.82. The van der Waals surface area contributed by atoms with Gasteiger partial charge in [-0.15, -0.1) is 0 Å². The van der Waals surface area contributed by atoms with Crippen LogP contribution in [-0.2, 0) is 24.2 Å². The minimum atomic E-state index is 0.698. The summed E-state index contributed by atoms with van der Waals surface area (Å²) in [5.74, 6) is 1.80. The maximum absolute atomic E-state index is 5.61. The highest BCUT2D eigenvalue weighted by atomic mass is 16.5. The Balaban J connectivity index is 1.42. The topological polar surface area (TPSA) is 50.7 Å². The van der Waals surface area contributed by atoms with Crippen molar-refractivity contribution in [1.29, 1.82) is 0 Å². The van der Waals surface area contributed by atoms with Gasteiger partial charge >= 0.3 is 0 Å². The van der Waals surface area contributed by atoms with Gasteiger partial charge < -0.3 is 14.4 Å². The minimum Gasteiger partial charge on any atom is -0.494 e. The predicted molar refractivity (Wildman–Crippen MR) is 100 cm³/mol. The highest BCUT2D eigenvalue weighted by Gasteiger charge is 2.21. The van der Waals surface area contributed by atoms with E-state index in [-0.39, 0.29) is 0 Å². The lowest BCUT2D eigenvalue weighted by Gasteiger charge is -2.30. The van der Waals surface area contributed by atoms with Crippen molar-refractivity contribution in [2.75, 3.05) is 44.4 Å². The molecular weight excluding hydrogens is 328 g/mol. The number of rotatable bonds is 5. The summed E-state index contributed by atoms with van der Waals surface area (Å²) in [5, 5.41) is 0. The Labute approximate surface area is 154 Å². The second-order valence-electron chi connectivity index (χ2n) is 6.78. The lowest BCUT2D eigenvalue weighted by Crippen LogP contribution is -2.38. The van der Waals surface area contributed by atoms with E-state index in [0.29, 0.717) is 6.61 Å². The van der Waals surface area contributed by atoms with E-state index in [2.05, 4.69) is 33.0 Å². The Morgan fingerprint density at radius 3 is 2.92 bits per heavy atom. The number of anilines is 1. The fourth-order valence-electron chi connectivity index (χ4n) is 3.57. The molecule has 0 amide bonds. The first kappa shape index (κ1) is 17.2. The summed E-state index contributed by atoms with van der Waals surface area (Å²) in [4.78, 5) is 14.1. The molecule has 6 nitrogen and oxygen atoms in total. The summed E-state index contributed by atoms with van der Waals surface area (Å²) in [7, 11) is 0. The molecule has 3 heterocycles. The SMILES string of the molecule is CCOc1cccc(CN2CCc3nc(N4CCOCC4)ncc3C2)c1. The second kappa shape index (κ2) is 8.01. The zero-order valence-corrected chi connectivity index (χ0v) is 15.4. The van der Waals surface area contributed by atoms with Gasteiger partial charge in [0, 0.05) is 50.9 Å². The molecule has 0 aliphatic carbocycles. The molecule has 0 atom stereocenters. The first-order chi connectivity index (χ1) is 12.8. The molecule has 1 aromatic carbocycles. The minimum absolute atomic E-state index is 0.698. The molecule has 0 unspecified atom stereocenters. The number of hydrogen-bond acceptors (Lipinski definition) is 6. The Kier molecular flexibility index (Phi) is 5.32. The van der Waals surface area contributed by atoms with Crippen molar-refractivity contribution in [2.45, 2.75) is 26.4 Å². The quantitative estimate of drug-likeness (QED) is 0.821. The van der Waals surface area contributed by atoms with Crippen molar-refractivity contribution >= 4 is 5.95 Å². The maximum Gasteiger partial charge on any atom is 0.225 e. The van der Waals surface area contributed by atoms with E-state index >= 15 is 0 Å².